The number of halogens is 1. The molecule has 0 radical (unpaired) electrons. The lowest BCUT2D eigenvalue weighted by atomic mass is 10.2. The Morgan fingerprint density at radius 1 is 1.23 bits per heavy atom. The predicted octanol–water partition coefficient (Wildman–Crippen LogP) is 3.59. The number of rotatable bonds is 4. The number of fused-ring (bicyclic) bond motifs is 1. The fourth-order valence-corrected chi connectivity index (χ4v) is 5.46. The van der Waals surface area contributed by atoms with Crippen molar-refractivity contribution >= 4 is 48.9 Å². The molecule has 1 amide bonds. The molecule has 26 heavy (non-hydrogen) atoms. The third-order valence-electron chi connectivity index (χ3n) is 3.88. The topological polar surface area (TPSA) is 68.5 Å². The third-order valence-corrected chi connectivity index (χ3v) is 6.75. The Balaban J connectivity index is 2.02. The van der Waals surface area contributed by atoms with Crippen molar-refractivity contribution in [3.8, 4) is 0 Å². The van der Waals surface area contributed by atoms with Crippen LogP contribution in [0, 0.1) is 6.92 Å². The number of carbonyl (C=O) groups excluding carboxylic acids is 1. The second-order valence-corrected chi connectivity index (χ2v) is 9.21. The molecule has 0 saturated carbocycles. The number of carbonyl (C=O) groups is 1. The Bertz CT molecular complexity index is 1150. The molecule has 0 bridgehead atoms. The van der Waals surface area contributed by atoms with E-state index >= 15 is 0 Å². The number of aryl methyl sites for hydroxylation is 2. The minimum atomic E-state index is -3.71. The van der Waals surface area contributed by atoms with Crippen LogP contribution in [0.2, 0.25) is 5.02 Å². The highest BCUT2D eigenvalue weighted by molar-refractivity contribution is 7.92. The number of benzene rings is 2. The lowest BCUT2D eigenvalue weighted by Crippen LogP contribution is -2.20. The van der Waals surface area contributed by atoms with Crippen LogP contribution in [0.25, 0.3) is 10.2 Å². The summed E-state index contributed by atoms with van der Waals surface area (Å²) in [6, 6.07) is 11.6. The summed E-state index contributed by atoms with van der Waals surface area (Å²) in [4.78, 5) is 17.0. The van der Waals surface area contributed by atoms with Gasteiger partial charge in [0, 0.05) is 11.6 Å². The molecule has 0 aliphatic rings. The molecule has 0 saturated heterocycles. The monoisotopic (exact) mass is 408 g/mol. The Hall–Kier alpha value is -1.96. The van der Waals surface area contributed by atoms with Gasteiger partial charge in [0.05, 0.1) is 15.1 Å². The summed E-state index contributed by atoms with van der Waals surface area (Å²) >= 11 is 7.43. The van der Waals surface area contributed by atoms with Gasteiger partial charge in [-0.1, -0.05) is 41.1 Å². The summed E-state index contributed by atoms with van der Waals surface area (Å²) in [7, 11) is -3.71. The van der Waals surface area contributed by atoms with Crippen molar-refractivity contribution in [2.75, 3.05) is 5.75 Å². The van der Waals surface area contributed by atoms with Crippen LogP contribution in [0.4, 0.5) is 0 Å². The summed E-state index contributed by atoms with van der Waals surface area (Å²) in [5.74, 6) is -1.35. The van der Waals surface area contributed by atoms with E-state index in [1.165, 1.54) is 23.5 Å². The fraction of sp³-hybridized carbons (Fsp3) is 0.222. The van der Waals surface area contributed by atoms with E-state index in [2.05, 4.69) is 4.99 Å². The first-order valence-corrected chi connectivity index (χ1v) is 10.8. The molecule has 0 aliphatic carbocycles. The minimum Gasteiger partial charge on any atom is -0.316 e. The third kappa shape index (κ3) is 3.75. The predicted molar refractivity (Wildman–Crippen MR) is 104 cm³/mol. The SMILES string of the molecule is CCn1c(=NC(=O)CS(=O)(=O)c2ccccc2)sc2cc(Cl)cc(C)c21. The average Bonchev–Trinajstić information content (AvgIpc) is 2.92. The molecule has 0 unspecified atom stereocenters. The minimum absolute atomic E-state index is 0.117. The molecule has 0 atom stereocenters. The maximum absolute atomic E-state index is 12.4. The average molecular weight is 409 g/mol. The van der Waals surface area contributed by atoms with Crippen LogP contribution in [0.1, 0.15) is 12.5 Å². The summed E-state index contributed by atoms with van der Waals surface area (Å²) in [6.45, 7) is 4.50. The summed E-state index contributed by atoms with van der Waals surface area (Å²) in [6.07, 6.45) is 0. The van der Waals surface area contributed by atoms with E-state index in [4.69, 9.17) is 11.6 Å². The van der Waals surface area contributed by atoms with Crippen LogP contribution in [0.3, 0.4) is 0 Å². The van der Waals surface area contributed by atoms with Gasteiger partial charge >= 0.3 is 0 Å². The molecule has 3 rings (SSSR count). The largest absolute Gasteiger partial charge is 0.316 e. The number of amides is 1. The van der Waals surface area contributed by atoms with E-state index in [1.807, 2.05) is 30.5 Å². The number of sulfone groups is 1. The maximum Gasteiger partial charge on any atom is 0.263 e. The summed E-state index contributed by atoms with van der Waals surface area (Å²) < 4.78 is 27.5. The van der Waals surface area contributed by atoms with E-state index in [0.717, 1.165) is 15.8 Å². The van der Waals surface area contributed by atoms with Crippen LogP contribution in [0.15, 0.2) is 52.4 Å². The zero-order valence-corrected chi connectivity index (χ0v) is 16.7. The molecule has 0 fully saturated rings. The smallest absolute Gasteiger partial charge is 0.263 e. The number of aromatic nitrogens is 1. The number of hydrogen-bond acceptors (Lipinski definition) is 4. The van der Waals surface area contributed by atoms with Crippen molar-refractivity contribution in [1.82, 2.24) is 4.57 Å². The van der Waals surface area contributed by atoms with E-state index < -0.39 is 21.5 Å². The molecule has 0 spiro atoms. The number of thiazole rings is 1. The first kappa shape index (κ1) is 18.8. The quantitative estimate of drug-likeness (QED) is 0.662. The fourth-order valence-electron chi connectivity index (χ4n) is 2.77. The molecule has 1 heterocycles. The van der Waals surface area contributed by atoms with Crippen LogP contribution in [0.5, 0.6) is 0 Å². The Morgan fingerprint density at radius 2 is 1.92 bits per heavy atom. The molecule has 5 nitrogen and oxygen atoms in total. The van der Waals surface area contributed by atoms with Gasteiger partial charge in [-0.3, -0.25) is 4.79 Å². The van der Waals surface area contributed by atoms with Gasteiger partial charge in [0.15, 0.2) is 14.6 Å². The van der Waals surface area contributed by atoms with Gasteiger partial charge in [-0.05, 0) is 43.7 Å². The van der Waals surface area contributed by atoms with Gasteiger partial charge in [0.2, 0.25) is 0 Å². The highest BCUT2D eigenvalue weighted by atomic mass is 35.5. The second kappa shape index (κ2) is 7.34. The van der Waals surface area contributed by atoms with Crippen molar-refractivity contribution in [2.45, 2.75) is 25.3 Å². The Kier molecular flexibility index (Phi) is 5.32. The molecule has 1 aromatic heterocycles. The van der Waals surface area contributed by atoms with E-state index in [9.17, 15) is 13.2 Å². The van der Waals surface area contributed by atoms with E-state index in [1.54, 1.807) is 18.2 Å². The van der Waals surface area contributed by atoms with E-state index in [-0.39, 0.29) is 4.90 Å². The molecule has 8 heteroatoms. The van der Waals surface area contributed by atoms with Crippen molar-refractivity contribution in [3.05, 3.63) is 57.9 Å². The standard InChI is InChI=1S/C18H17ClN2O3S2/c1-3-21-17-12(2)9-13(19)10-15(17)25-18(21)20-16(22)11-26(23,24)14-7-5-4-6-8-14/h4-10H,3,11H2,1-2H3. The molecule has 0 aliphatic heterocycles. The number of nitrogens with zero attached hydrogens (tertiary/aromatic N) is 2. The van der Waals surface area contributed by atoms with Crippen molar-refractivity contribution in [1.29, 1.82) is 0 Å². The van der Waals surface area contributed by atoms with Gasteiger partial charge in [-0.15, -0.1) is 0 Å². The van der Waals surface area contributed by atoms with Crippen molar-refractivity contribution in [2.24, 2.45) is 4.99 Å². The van der Waals surface area contributed by atoms with Crippen LogP contribution < -0.4 is 4.80 Å². The molecule has 2 aromatic carbocycles. The number of hydrogen-bond donors (Lipinski definition) is 0. The van der Waals surface area contributed by atoms with Gasteiger partial charge in [0.25, 0.3) is 5.91 Å². The van der Waals surface area contributed by atoms with Gasteiger partial charge in [0.1, 0.15) is 5.75 Å². The molecular weight excluding hydrogens is 392 g/mol. The van der Waals surface area contributed by atoms with E-state index in [0.29, 0.717) is 16.4 Å². The maximum atomic E-state index is 12.4. The van der Waals surface area contributed by atoms with Gasteiger partial charge in [-0.25, -0.2) is 8.42 Å². The Labute approximate surface area is 160 Å². The van der Waals surface area contributed by atoms with Gasteiger partial charge < -0.3 is 4.57 Å². The van der Waals surface area contributed by atoms with Crippen molar-refractivity contribution in [3.63, 3.8) is 0 Å². The van der Waals surface area contributed by atoms with Crippen LogP contribution >= 0.6 is 22.9 Å². The van der Waals surface area contributed by atoms with Crippen LogP contribution in [-0.4, -0.2) is 24.6 Å². The molecular formula is C18H17ClN2O3S2. The van der Waals surface area contributed by atoms with Crippen LogP contribution in [-0.2, 0) is 21.2 Å². The lowest BCUT2D eigenvalue weighted by Gasteiger charge is -2.04. The second-order valence-electron chi connectivity index (χ2n) is 5.78. The highest BCUT2D eigenvalue weighted by Crippen LogP contribution is 2.25. The Morgan fingerprint density at radius 3 is 2.58 bits per heavy atom. The normalized spacial score (nSPS) is 12.7. The summed E-state index contributed by atoms with van der Waals surface area (Å²) in [5, 5.41) is 0.615. The lowest BCUT2D eigenvalue weighted by molar-refractivity contribution is -0.115. The van der Waals surface area contributed by atoms with Crippen molar-refractivity contribution < 1.29 is 13.2 Å². The zero-order chi connectivity index (χ0) is 18.9. The first-order valence-electron chi connectivity index (χ1n) is 7.96. The summed E-state index contributed by atoms with van der Waals surface area (Å²) in [5.41, 5.74) is 1.94. The molecule has 136 valence electrons. The highest BCUT2D eigenvalue weighted by Gasteiger charge is 2.19. The van der Waals surface area contributed by atoms with Gasteiger partial charge in [-0.2, -0.15) is 4.99 Å². The zero-order valence-electron chi connectivity index (χ0n) is 14.3. The molecule has 0 N–H and O–H groups in total. The molecule has 3 aromatic rings. The first-order chi connectivity index (χ1) is 12.3.